The number of aromatic nitrogens is 1. The van der Waals surface area contributed by atoms with Gasteiger partial charge in [-0.1, -0.05) is 31.4 Å². The lowest BCUT2D eigenvalue weighted by molar-refractivity contribution is 0.161. The van der Waals surface area contributed by atoms with Gasteiger partial charge in [0.05, 0.1) is 6.54 Å². The van der Waals surface area contributed by atoms with Gasteiger partial charge in [-0.3, -0.25) is 0 Å². The maximum atomic E-state index is 13.5. The van der Waals surface area contributed by atoms with E-state index in [1.807, 2.05) is 29.3 Å². The summed E-state index contributed by atoms with van der Waals surface area (Å²) in [5.41, 5.74) is 1.94. The number of hydrogen-bond donors (Lipinski definition) is 1. The fraction of sp³-hybridized carbons (Fsp3) is 0.522. The minimum absolute atomic E-state index is 0.00786. The third kappa shape index (κ3) is 6.60. The molecular formula is C23H32FN3O2. The summed E-state index contributed by atoms with van der Waals surface area (Å²) in [6.45, 7) is 2.36. The molecule has 1 fully saturated rings. The molecule has 1 aromatic carbocycles. The van der Waals surface area contributed by atoms with E-state index in [2.05, 4.69) is 9.88 Å². The molecule has 1 aliphatic rings. The predicted octanol–water partition coefficient (Wildman–Crippen LogP) is 4.56. The molecule has 2 amide bonds. The van der Waals surface area contributed by atoms with Crippen LogP contribution in [0.1, 0.15) is 49.8 Å². The van der Waals surface area contributed by atoms with Crippen molar-refractivity contribution in [2.45, 2.75) is 57.7 Å². The molecule has 0 aliphatic heterocycles. The predicted molar refractivity (Wildman–Crippen MR) is 112 cm³/mol. The first kappa shape index (κ1) is 21.4. The molecule has 0 unspecified atom stereocenters. The van der Waals surface area contributed by atoms with E-state index < -0.39 is 0 Å². The van der Waals surface area contributed by atoms with E-state index in [4.69, 9.17) is 4.74 Å². The largest absolute Gasteiger partial charge is 0.385 e. The molecule has 2 aromatic rings. The molecule has 1 aliphatic carbocycles. The number of rotatable bonds is 9. The van der Waals surface area contributed by atoms with Gasteiger partial charge in [-0.2, -0.15) is 0 Å². The zero-order valence-corrected chi connectivity index (χ0v) is 17.3. The maximum Gasteiger partial charge on any atom is 0.317 e. The Hall–Kier alpha value is -2.34. The summed E-state index contributed by atoms with van der Waals surface area (Å²) in [6.07, 6.45) is 8.53. The monoisotopic (exact) mass is 401 g/mol. The highest BCUT2D eigenvalue weighted by Crippen LogP contribution is 2.18. The van der Waals surface area contributed by atoms with Crippen LogP contribution in [0, 0.1) is 5.82 Å². The lowest BCUT2D eigenvalue weighted by Crippen LogP contribution is -2.45. The minimum atomic E-state index is -0.232. The Morgan fingerprint density at radius 2 is 2.07 bits per heavy atom. The number of carbonyl (C=O) groups excluding carboxylic acids is 1. The molecule has 0 saturated heterocycles. The summed E-state index contributed by atoms with van der Waals surface area (Å²) >= 11 is 0. The van der Waals surface area contributed by atoms with E-state index in [1.54, 1.807) is 19.2 Å². The average molecular weight is 402 g/mol. The Bertz CT molecular complexity index is 771. The molecule has 1 heterocycles. The highest BCUT2D eigenvalue weighted by atomic mass is 19.1. The summed E-state index contributed by atoms with van der Waals surface area (Å²) in [5, 5.41) is 3.22. The van der Waals surface area contributed by atoms with Crippen LogP contribution in [0.2, 0.25) is 0 Å². The lowest BCUT2D eigenvalue weighted by Gasteiger charge is -2.29. The van der Waals surface area contributed by atoms with Crippen molar-refractivity contribution in [3.63, 3.8) is 0 Å². The molecular weight excluding hydrogens is 369 g/mol. The first-order valence-electron chi connectivity index (χ1n) is 10.6. The number of hydrogen-bond acceptors (Lipinski definition) is 2. The van der Waals surface area contributed by atoms with Crippen LogP contribution in [-0.4, -0.2) is 41.8 Å². The number of nitrogens with one attached hydrogen (secondary N) is 1. The van der Waals surface area contributed by atoms with Gasteiger partial charge in [-0.15, -0.1) is 0 Å². The van der Waals surface area contributed by atoms with Crippen LogP contribution in [0.15, 0.2) is 42.6 Å². The summed E-state index contributed by atoms with van der Waals surface area (Å²) in [7, 11) is 1.68. The van der Waals surface area contributed by atoms with Crippen molar-refractivity contribution in [3.8, 4) is 0 Å². The number of ether oxygens (including phenoxy) is 1. The molecule has 1 N–H and O–H groups in total. The van der Waals surface area contributed by atoms with Crippen molar-refractivity contribution in [1.29, 1.82) is 0 Å². The summed E-state index contributed by atoms with van der Waals surface area (Å²) in [4.78, 5) is 14.8. The fourth-order valence-corrected chi connectivity index (χ4v) is 3.94. The van der Waals surface area contributed by atoms with Gasteiger partial charge >= 0.3 is 6.03 Å². The summed E-state index contributed by atoms with van der Waals surface area (Å²) in [5.74, 6) is -0.232. The Morgan fingerprint density at radius 1 is 1.24 bits per heavy atom. The SMILES string of the molecule is COCCCN(Cc1cccn1Cc1cccc(F)c1)C(=O)NC1CCCCC1. The summed E-state index contributed by atoms with van der Waals surface area (Å²) < 4.78 is 20.8. The Labute approximate surface area is 172 Å². The Morgan fingerprint density at radius 3 is 2.83 bits per heavy atom. The second-order valence-corrected chi connectivity index (χ2v) is 7.81. The molecule has 3 rings (SSSR count). The second-order valence-electron chi connectivity index (χ2n) is 7.81. The minimum Gasteiger partial charge on any atom is -0.385 e. The molecule has 0 radical (unpaired) electrons. The van der Waals surface area contributed by atoms with E-state index in [9.17, 15) is 9.18 Å². The standard InChI is InChI=1S/C23H32FN3O2/c1-29-15-7-14-27(23(28)25-21-10-3-2-4-11-21)18-22-12-6-13-26(22)17-19-8-5-9-20(24)16-19/h5-6,8-9,12-13,16,21H,2-4,7,10-11,14-15,17-18H2,1H3,(H,25,28). The number of urea groups is 1. The van der Waals surface area contributed by atoms with Crippen molar-refractivity contribution < 1.29 is 13.9 Å². The number of nitrogens with zero attached hydrogens (tertiary/aromatic N) is 2. The molecule has 158 valence electrons. The van der Waals surface area contributed by atoms with Gasteiger partial charge in [-0.05, 0) is 49.1 Å². The zero-order chi connectivity index (χ0) is 20.5. The average Bonchev–Trinajstić information content (AvgIpc) is 3.14. The van der Waals surface area contributed by atoms with Crippen LogP contribution in [0.3, 0.4) is 0 Å². The molecule has 6 heteroatoms. The summed E-state index contributed by atoms with van der Waals surface area (Å²) in [6, 6.07) is 10.9. The van der Waals surface area contributed by atoms with E-state index in [1.165, 1.54) is 25.3 Å². The van der Waals surface area contributed by atoms with Crippen molar-refractivity contribution in [3.05, 3.63) is 59.7 Å². The Balaban J connectivity index is 1.66. The van der Waals surface area contributed by atoms with Crippen molar-refractivity contribution >= 4 is 6.03 Å². The van der Waals surface area contributed by atoms with E-state index in [-0.39, 0.29) is 17.9 Å². The maximum absolute atomic E-state index is 13.5. The number of methoxy groups -OCH3 is 1. The van der Waals surface area contributed by atoms with Crippen LogP contribution in [-0.2, 0) is 17.8 Å². The van der Waals surface area contributed by atoms with Crippen molar-refractivity contribution in [2.75, 3.05) is 20.3 Å². The number of amides is 2. The topological polar surface area (TPSA) is 46.5 Å². The van der Waals surface area contributed by atoms with E-state index in [0.29, 0.717) is 26.2 Å². The molecule has 1 saturated carbocycles. The molecule has 0 bridgehead atoms. The first-order chi connectivity index (χ1) is 14.2. The van der Waals surface area contributed by atoms with Crippen LogP contribution >= 0.6 is 0 Å². The fourth-order valence-electron chi connectivity index (χ4n) is 3.94. The van der Waals surface area contributed by atoms with Gasteiger partial charge < -0.3 is 19.5 Å². The number of halogens is 1. The molecule has 29 heavy (non-hydrogen) atoms. The smallest absolute Gasteiger partial charge is 0.317 e. The molecule has 0 atom stereocenters. The van der Waals surface area contributed by atoms with Gasteiger partial charge in [0.15, 0.2) is 0 Å². The van der Waals surface area contributed by atoms with Gasteiger partial charge in [0, 0.05) is 44.7 Å². The number of benzene rings is 1. The van der Waals surface area contributed by atoms with Gasteiger partial charge in [0.1, 0.15) is 5.82 Å². The van der Waals surface area contributed by atoms with Crippen LogP contribution in [0.5, 0.6) is 0 Å². The van der Waals surface area contributed by atoms with E-state index >= 15 is 0 Å². The van der Waals surface area contributed by atoms with Crippen molar-refractivity contribution in [1.82, 2.24) is 14.8 Å². The highest BCUT2D eigenvalue weighted by Gasteiger charge is 2.21. The normalized spacial score (nSPS) is 14.7. The zero-order valence-electron chi connectivity index (χ0n) is 17.3. The van der Waals surface area contributed by atoms with Gasteiger partial charge in [0.25, 0.3) is 0 Å². The van der Waals surface area contributed by atoms with E-state index in [0.717, 1.165) is 30.5 Å². The third-order valence-electron chi connectivity index (χ3n) is 5.51. The Kier molecular flexibility index (Phi) is 8.11. The first-order valence-corrected chi connectivity index (χ1v) is 10.6. The van der Waals surface area contributed by atoms with Crippen LogP contribution in [0.25, 0.3) is 0 Å². The molecule has 0 spiro atoms. The lowest BCUT2D eigenvalue weighted by atomic mass is 9.96. The quantitative estimate of drug-likeness (QED) is 0.626. The second kappa shape index (κ2) is 11.0. The molecule has 1 aromatic heterocycles. The highest BCUT2D eigenvalue weighted by molar-refractivity contribution is 5.74. The molecule has 5 nitrogen and oxygen atoms in total. The van der Waals surface area contributed by atoms with Gasteiger partial charge in [-0.25, -0.2) is 9.18 Å². The van der Waals surface area contributed by atoms with Gasteiger partial charge in [0.2, 0.25) is 0 Å². The van der Waals surface area contributed by atoms with Crippen molar-refractivity contribution in [2.24, 2.45) is 0 Å². The van der Waals surface area contributed by atoms with Crippen LogP contribution in [0.4, 0.5) is 9.18 Å². The third-order valence-corrected chi connectivity index (χ3v) is 5.51. The van der Waals surface area contributed by atoms with Crippen LogP contribution < -0.4 is 5.32 Å². The number of carbonyl (C=O) groups is 1.